The first-order valence-electron chi connectivity index (χ1n) is 6.33. The van der Waals surface area contributed by atoms with E-state index in [2.05, 4.69) is 29.7 Å². The van der Waals surface area contributed by atoms with Gasteiger partial charge in [-0.1, -0.05) is 6.07 Å². The SMILES string of the molecule is COc1ccc(CC2(C)CNCCN2)cc1OC. The molecular formula is C14H22N2O2. The highest BCUT2D eigenvalue weighted by atomic mass is 16.5. The summed E-state index contributed by atoms with van der Waals surface area (Å²) in [6.07, 6.45) is 0.973. The van der Waals surface area contributed by atoms with Crippen LogP contribution < -0.4 is 20.1 Å². The fraction of sp³-hybridized carbons (Fsp3) is 0.571. The van der Waals surface area contributed by atoms with Gasteiger partial charge in [-0.3, -0.25) is 0 Å². The molecule has 18 heavy (non-hydrogen) atoms. The van der Waals surface area contributed by atoms with Crippen LogP contribution in [0.25, 0.3) is 0 Å². The van der Waals surface area contributed by atoms with Gasteiger partial charge in [0, 0.05) is 25.2 Å². The number of piperazine rings is 1. The average molecular weight is 250 g/mol. The molecule has 0 radical (unpaired) electrons. The van der Waals surface area contributed by atoms with Crippen LogP contribution in [0.1, 0.15) is 12.5 Å². The summed E-state index contributed by atoms with van der Waals surface area (Å²) >= 11 is 0. The minimum atomic E-state index is 0.109. The van der Waals surface area contributed by atoms with Gasteiger partial charge in [0.15, 0.2) is 11.5 Å². The summed E-state index contributed by atoms with van der Waals surface area (Å²) in [4.78, 5) is 0. The van der Waals surface area contributed by atoms with Crippen molar-refractivity contribution in [1.29, 1.82) is 0 Å². The van der Waals surface area contributed by atoms with E-state index in [9.17, 15) is 0 Å². The zero-order chi connectivity index (χ0) is 13.0. The minimum Gasteiger partial charge on any atom is -0.493 e. The third-order valence-corrected chi connectivity index (χ3v) is 3.41. The van der Waals surface area contributed by atoms with Crippen LogP contribution in [0.15, 0.2) is 18.2 Å². The lowest BCUT2D eigenvalue weighted by Gasteiger charge is -2.35. The normalized spacial score (nSPS) is 23.7. The predicted octanol–water partition coefficient (Wildman–Crippen LogP) is 1.20. The number of rotatable bonds is 4. The third-order valence-electron chi connectivity index (χ3n) is 3.41. The molecule has 100 valence electrons. The molecule has 0 aliphatic carbocycles. The van der Waals surface area contributed by atoms with Crippen LogP contribution in [0.5, 0.6) is 11.5 Å². The van der Waals surface area contributed by atoms with Gasteiger partial charge in [0.1, 0.15) is 0 Å². The van der Waals surface area contributed by atoms with Gasteiger partial charge in [0.2, 0.25) is 0 Å². The Balaban J connectivity index is 2.13. The molecule has 0 aromatic heterocycles. The Hall–Kier alpha value is -1.26. The van der Waals surface area contributed by atoms with E-state index < -0.39 is 0 Å². The van der Waals surface area contributed by atoms with Gasteiger partial charge in [-0.15, -0.1) is 0 Å². The molecule has 1 atom stereocenters. The van der Waals surface area contributed by atoms with Gasteiger partial charge < -0.3 is 20.1 Å². The molecule has 4 nitrogen and oxygen atoms in total. The number of ether oxygens (including phenoxy) is 2. The van der Waals surface area contributed by atoms with Crippen LogP contribution in [0, 0.1) is 0 Å². The molecule has 0 spiro atoms. The number of benzene rings is 1. The van der Waals surface area contributed by atoms with Gasteiger partial charge in [-0.25, -0.2) is 0 Å². The molecule has 1 aromatic carbocycles. The summed E-state index contributed by atoms with van der Waals surface area (Å²) in [7, 11) is 3.33. The molecule has 0 amide bonds. The Morgan fingerprint density at radius 3 is 2.56 bits per heavy atom. The van der Waals surface area contributed by atoms with Gasteiger partial charge in [-0.05, 0) is 31.0 Å². The summed E-state index contributed by atoms with van der Waals surface area (Å²) in [6.45, 7) is 5.29. The molecule has 1 heterocycles. The topological polar surface area (TPSA) is 42.5 Å². The van der Waals surface area contributed by atoms with E-state index in [1.807, 2.05) is 6.07 Å². The van der Waals surface area contributed by atoms with E-state index in [-0.39, 0.29) is 5.54 Å². The van der Waals surface area contributed by atoms with Crippen molar-refractivity contribution in [1.82, 2.24) is 10.6 Å². The van der Waals surface area contributed by atoms with Crippen LogP contribution in [-0.4, -0.2) is 39.4 Å². The van der Waals surface area contributed by atoms with Crippen molar-refractivity contribution in [3.63, 3.8) is 0 Å². The maximum Gasteiger partial charge on any atom is 0.160 e. The molecule has 4 heteroatoms. The summed E-state index contributed by atoms with van der Waals surface area (Å²) in [5.41, 5.74) is 1.36. The molecule has 1 fully saturated rings. The van der Waals surface area contributed by atoms with E-state index in [4.69, 9.17) is 9.47 Å². The average Bonchev–Trinajstić information content (AvgIpc) is 2.39. The van der Waals surface area contributed by atoms with Crippen molar-refractivity contribution in [3.8, 4) is 11.5 Å². The minimum absolute atomic E-state index is 0.109. The largest absolute Gasteiger partial charge is 0.493 e. The molecule has 0 bridgehead atoms. The van der Waals surface area contributed by atoms with Crippen molar-refractivity contribution >= 4 is 0 Å². The Labute approximate surface area is 109 Å². The van der Waals surface area contributed by atoms with E-state index in [1.54, 1.807) is 14.2 Å². The van der Waals surface area contributed by atoms with Crippen LogP contribution >= 0.6 is 0 Å². The number of hydrogen-bond donors (Lipinski definition) is 2. The van der Waals surface area contributed by atoms with Crippen LogP contribution in [0.2, 0.25) is 0 Å². The highest BCUT2D eigenvalue weighted by Gasteiger charge is 2.26. The first kappa shape index (κ1) is 13.2. The first-order chi connectivity index (χ1) is 8.67. The Kier molecular flexibility index (Phi) is 4.09. The zero-order valence-corrected chi connectivity index (χ0v) is 11.4. The highest BCUT2D eigenvalue weighted by Crippen LogP contribution is 2.29. The summed E-state index contributed by atoms with van der Waals surface area (Å²) < 4.78 is 10.6. The van der Waals surface area contributed by atoms with E-state index in [0.717, 1.165) is 37.6 Å². The van der Waals surface area contributed by atoms with E-state index in [1.165, 1.54) is 5.56 Å². The molecule has 2 N–H and O–H groups in total. The predicted molar refractivity (Wildman–Crippen MR) is 72.5 cm³/mol. The molecule has 1 aliphatic heterocycles. The number of nitrogens with one attached hydrogen (secondary N) is 2. The quantitative estimate of drug-likeness (QED) is 0.842. The molecule has 1 aromatic rings. The summed E-state index contributed by atoms with van der Waals surface area (Å²) in [6, 6.07) is 6.12. The zero-order valence-electron chi connectivity index (χ0n) is 11.4. The smallest absolute Gasteiger partial charge is 0.160 e. The second-order valence-electron chi connectivity index (χ2n) is 5.03. The number of hydrogen-bond acceptors (Lipinski definition) is 4. The molecule has 1 saturated heterocycles. The van der Waals surface area contributed by atoms with Crippen LogP contribution in [0.3, 0.4) is 0 Å². The molecule has 2 rings (SSSR count). The lowest BCUT2D eigenvalue weighted by atomic mass is 9.91. The van der Waals surface area contributed by atoms with Gasteiger partial charge >= 0.3 is 0 Å². The fourth-order valence-electron chi connectivity index (χ4n) is 2.45. The number of methoxy groups -OCH3 is 2. The fourth-order valence-corrected chi connectivity index (χ4v) is 2.45. The van der Waals surface area contributed by atoms with Crippen LogP contribution in [-0.2, 0) is 6.42 Å². The first-order valence-corrected chi connectivity index (χ1v) is 6.33. The second kappa shape index (κ2) is 5.59. The Bertz CT molecular complexity index is 401. The Morgan fingerprint density at radius 2 is 1.94 bits per heavy atom. The highest BCUT2D eigenvalue weighted by molar-refractivity contribution is 5.43. The maximum atomic E-state index is 5.34. The standard InChI is InChI=1S/C14H22N2O2/c1-14(10-15-6-7-16-14)9-11-4-5-12(17-2)13(8-11)18-3/h4-5,8,15-16H,6-7,9-10H2,1-3H3. The van der Waals surface area contributed by atoms with Gasteiger partial charge in [0.05, 0.1) is 14.2 Å². The van der Waals surface area contributed by atoms with Crippen molar-refractivity contribution in [2.45, 2.75) is 18.9 Å². The lowest BCUT2D eigenvalue weighted by molar-refractivity contribution is 0.294. The summed E-state index contributed by atoms with van der Waals surface area (Å²) in [5, 5.41) is 7.00. The van der Waals surface area contributed by atoms with Crippen LogP contribution in [0.4, 0.5) is 0 Å². The van der Waals surface area contributed by atoms with E-state index >= 15 is 0 Å². The molecule has 1 unspecified atom stereocenters. The van der Waals surface area contributed by atoms with Gasteiger partial charge in [-0.2, -0.15) is 0 Å². The van der Waals surface area contributed by atoms with Crippen molar-refractivity contribution in [3.05, 3.63) is 23.8 Å². The lowest BCUT2D eigenvalue weighted by Crippen LogP contribution is -2.58. The Morgan fingerprint density at radius 1 is 1.17 bits per heavy atom. The third kappa shape index (κ3) is 2.94. The monoisotopic (exact) mass is 250 g/mol. The van der Waals surface area contributed by atoms with E-state index in [0.29, 0.717) is 0 Å². The molecule has 0 saturated carbocycles. The molecular weight excluding hydrogens is 228 g/mol. The maximum absolute atomic E-state index is 5.34. The molecule has 1 aliphatic rings. The van der Waals surface area contributed by atoms with Crippen molar-refractivity contribution in [2.75, 3.05) is 33.9 Å². The van der Waals surface area contributed by atoms with Crippen molar-refractivity contribution in [2.24, 2.45) is 0 Å². The second-order valence-corrected chi connectivity index (χ2v) is 5.03. The summed E-state index contributed by atoms with van der Waals surface area (Å²) in [5.74, 6) is 1.57. The van der Waals surface area contributed by atoms with Gasteiger partial charge in [0.25, 0.3) is 0 Å². The van der Waals surface area contributed by atoms with Crippen molar-refractivity contribution < 1.29 is 9.47 Å².